The van der Waals surface area contributed by atoms with Crippen molar-refractivity contribution in [1.29, 1.82) is 0 Å². The minimum absolute atomic E-state index is 0.0305. The van der Waals surface area contributed by atoms with E-state index in [2.05, 4.69) is 31.1 Å². The van der Waals surface area contributed by atoms with Gasteiger partial charge in [0.25, 0.3) is 0 Å². The monoisotopic (exact) mass is 284 g/mol. The first-order valence-corrected chi connectivity index (χ1v) is 7.35. The van der Waals surface area contributed by atoms with E-state index in [9.17, 15) is 8.78 Å². The van der Waals surface area contributed by atoms with Crippen LogP contribution in [-0.4, -0.2) is 31.6 Å². The summed E-state index contributed by atoms with van der Waals surface area (Å²) in [6.07, 6.45) is 3.06. The average Bonchev–Trinajstić information content (AvgIpc) is 2.39. The van der Waals surface area contributed by atoms with Crippen LogP contribution in [0.5, 0.6) is 0 Å². The molecule has 1 aromatic rings. The first-order chi connectivity index (χ1) is 9.51. The number of hydrogen-bond acceptors (Lipinski definition) is 2. The van der Waals surface area contributed by atoms with Crippen molar-refractivity contribution >= 4 is 0 Å². The lowest BCUT2D eigenvalue weighted by atomic mass is 10.0. The first kappa shape index (κ1) is 17.1. The SMILES string of the molecule is CCC(CC)N(C)CCC(NC)c1cc(F)cc(F)c1. The normalized spacial score (nSPS) is 13.2. The first-order valence-electron chi connectivity index (χ1n) is 7.35. The fourth-order valence-electron chi connectivity index (χ4n) is 2.68. The summed E-state index contributed by atoms with van der Waals surface area (Å²) >= 11 is 0. The van der Waals surface area contributed by atoms with E-state index in [4.69, 9.17) is 0 Å². The van der Waals surface area contributed by atoms with Crippen LogP contribution < -0.4 is 5.32 Å². The van der Waals surface area contributed by atoms with E-state index >= 15 is 0 Å². The molecule has 0 bridgehead atoms. The summed E-state index contributed by atoms with van der Waals surface area (Å²) in [4.78, 5) is 2.32. The molecule has 0 aliphatic rings. The van der Waals surface area contributed by atoms with Gasteiger partial charge in [-0.15, -0.1) is 0 Å². The minimum atomic E-state index is -0.520. The summed E-state index contributed by atoms with van der Waals surface area (Å²) in [5, 5.41) is 3.14. The molecule has 1 N–H and O–H groups in total. The summed E-state index contributed by atoms with van der Waals surface area (Å²) in [6.45, 7) is 5.26. The summed E-state index contributed by atoms with van der Waals surface area (Å²) < 4.78 is 26.6. The molecule has 0 saturated heterocycles. The maximum atomic E-state index is 13.3. The summed E-state index contributed by atoms with van der Waals surface area (Å²) in [6, 6.07) is 4.25. The lowest BCUT2D eigenvalue weighted by Crippen LogP contribution is -2.33. The quantitative estimate of drug-likeness (QED) is 0.782. The van der Waals surface area contributed by atoms with E-state index in [1.807, 2.05) is 7.05 Å². The Morgan fingerprint density at radius 3 is 2.10 bits per heavy atom. The van der Waals surface area contributed by atoms with Gasteiger partial charge in [-0.1, -0.05) is 13.8 Å². The van der Waals surface area contributed by atoms with Crippen molar-refractivity contribution in [2.75, 3.05) is 20.6 Å². The Balaban J connectivity index is 2.67. The van der Waals surface area contributed by atoms with Gasteiger partial charge >= 0.3 is 0 Å². The van der Waals surface area contributed by atoms with Gasteiger partial charge in [-0.25, -0.2) is 8.78 Å². The molecule has 1 rings (SSSR count). The molecule has 0 heterocycles. The second kappa shape index (κ2) is 8.32. The number of hydrogen-bond donors (Lipinski definition) is 1. The molecule has 4 heteroatoms. The molecule has 1 aromatic carbocycles. The smallest absolute Gasteiger partial charge is 0.126 e. The largest absolute Gasteiger partial charge is 0.313 e. The summed E-state index contributed by atoms with van der Waals surface area (Å²) in [7, 11) is 3.93. The number of halogens is 2. The molecule has 0 saturated carbocycles. The van der Waals surface area contributed by atoms with Gasteiger partial charge in [-0.2, -0.15) is 0 Å². The van der Waals surface area contributed by atoms with Crippen LogP contribution in [0, 0.1) is 11.6 Å². The molecule has 114 valence electrons. The average molecular weight is 284 g/mol. The Morgan fingerprint density at radius 2 is 1.65 bits per heavy atom. The molecular weight excluding hydrogens is 258 g/mol. The molecule has 0 spiro atoms. The van der Waals surface area contributed by atoms with Crippen molar-refractivity contribution in [3.8, 4) is 0 Å². The Kier molecular flexibility index (Phi) is 7.10. The number of nitrogens with zero attached hydrogens (tertiary/aromatic N) is 1. The molecular formula is C16H26F2N2. The van der Waals surface area contributed by atoms with Gasteiger partial charge < -0.3 is 10.2 Å². The molecule has 0 aliphatic heterocycles. The highest BCUT2D eigenvalue weighted by Gasteiger charge is 2.15. The molecule has 1 atom stereocenters. The Bertz CT molecular complexity index is 385. The maximum absolute atomic E-state index is 13.3. The van der Waals surface area contributed by atoms with Crippen LogP contribution in [-0.2, 0) is 0 Å². The number of rotatable bonds is 8. The van der Waals surface area contributed by atoms with Gasteiger partial charge in [0.15, 0.2) is 0 Å². The van der Waals surface area contributed by atoms with Crippen LogP contribution in [0.4, 0.5) is 8.78 Å². The van der Waals surface area contributed by atoms with E-state index < -0.39 is 11.6 Å². The highest BCUT2D eigenvalue weighted by Crippen LogP contribution is 2.20. The van der Waals surface area contributed by atoms with Gasteiger partial charge in [-0.05, 0) is 57.6 Å². The zero-order valence-corrected chi connectivity index (χ0v) is 12.9. The van der Waals surface area contributed by atoms with Crippen LogP contribution in [0.25, 0.3) is 0 Å². The maximum Gasteiger partial charge on any atom is 0.126 e. The highest BCUT2D eigenvalue weighted by molar-refractivity contribution is 5.21. The summed E-state index contributed by atoms with van der Waals surface area (Å²) in [5.74, 6) is -1.04. The molecule has 20 heavy (non-hydrogen) atoms. The molecule has 0 radical (unpaired) electrons. The Labute approximate surface area is 121 Å². The van der Waals surface area contributed by atoms with Gasteiger partial charge in [0, 0.05) is 18.2 Å². The van der Waals surface area contributed by atoms with E-state index in [-0.39, 0.29) is 6.04 Å². The van der Waals surface area contributed by atoms with E-state index in [1.165, 1.54) is 12.1 Å². The number of benzene rings is 1. The zero-order chi connectivity index (χ0) is 15.1. The van der Waals surface area contributed by atoms with Crippen LogP contribution in [0.2, 0.25) is 0 Å². The summed E-state index contributed by atoms with van der Waals surface area (Å²) in [5.41, 5.74) is 0.669. The van der Waals surface area contributed by atoms with E-state index in [0.717, 1.165) is 31.9 Å². The lowest BCUT2D eigenvalue weighted by Gasteiger charge is -2.28. The molecule has 0 amide bonds. The molecule has 1 unspecified atom stereocenters. The third kappa shape index (κ3) is 4.84. The predicted octanol–water partition coefficient (Wildman–Crippen LogP) is 3.74. The van der Waals surface area contributed by atoms with Crippen molar-refractivity contribution < 1.29 is 8.78 Å². The Hall–Kier alpha value is -1.00. The second-order valence-electron chi connectivity index (χ2n) is 5.28. The van der Waals surface area contributed by atoms with Gasteiger partial charge in [0.2, 0.25) is 0 Å². The second-order valence-corrected chi connectivity index (χ2v) is 5.28. The van der Waals surface area contributed by atoms with Crippen LogP contribution >= 0.6 is 0 Å². The van der Waals surface area contributed by atoms with Gasteiger partial charge in [0.1, 0.15) is 11.6 Å². The van der Waals surface area contributed by atoms with Crippen molar-refractivity contribution in [3.63, 3.8) is 0 Å². The van der Waals surface area contributed by atoms with Crippen molar-refractivity contribution in [1.82, 2.24) is 10.2 Å². The zero-order valence-electron chi connectivity index (χ0n) is 12.9. The van der Waals surface area contributed by atoms with Crippen molar-refractivity contribution in [2.45, 2.75) is 45.2 Å². The van der Waals surface area contributed by atoms with Crippen LogP contribution in [0.3, 0.4) is 0 Å². The third-order valence-corrected chi connectivity index (χ3v) is 3.97. The van der Waals surface area contributed by atoms with E-state index in [1.54, 1.807) is 0 Å². The van der Waals surface area contributed by atoms with Crippen LogP contribution in [0.15, 0.2) is 18.2 Å². The van der Waals surface area contributed by atoms with Crippen LogP contribution in [0.1, 0.15) is 44.7 Å². The van der Waals surface area contributed by atoms with Gasteiger partial charge in [-0.3, -0.25) is 0 Å². The predicted molar refractivity (Wildman–Crippen MR) is 79.8 cm³/mol. The topological polar surface area (TPSA) is 15.3 Å². The van der Waals surface area contributed by atoms with Gasteiger partial charge in [0.05, 0.1) is 0 Å². The molecule has 2 nitrogen and oxygen atoms in total. The molecule has 0 aromatic heterocycles. The lowest BCUT2D eigenvalue weighted by molar-refractivity contribution is 0.219. The standard InChI is InChI=1S/C16H26F2N2/c1-5-15(6-2)20(4)8-7-16(19-3)12-9-13(17)11-14(18)10-12/h9-11,15-16,19H,5-8H2,1-4H3. The molecule has 0 aliphatic carbocycles. The fourth-order valence-corrected chi connectivity index (χ4v) is 2.68. The fraction of sp³-hybridized carbons (Fsp3) is 0.625. The van der Waals surface area contributed by atoms with Crippen molar-refractivity contribution in [2.24, 2.45) is 0 Å². The third-order valence-electron chi connectivity index (χ3n) is 3.97. The highest BCUT2D eigenvalue weighted by atomic mass is 19.1. The minimum Gasteiger partial charge on any atom is -0.313 e. The van der Waals surface area contributed by atoms with Crippen molar-refractivity contribution in [3.05, 3.63) is 35.4 Å². The number of nitrogens with one attached hydrogen (secondary N) is 1. The van der Waals surface area contributed by atoms with E-state index in [0.29, 0.717) is 11.6 Å². The Morgan fingerprint density at radius 1 is 1.10 bits per heavy atom. The molecule has 0 fully saturated rings.